The standard InChI is InChI=1S/C19H21N3O3S2/c1-14(11-12-15-7-3-2-4-8-15)20-18(23)13-26-19-21-16-9-5-6-10-17(16)27(24,25)22-19/h2-10,14H,11-13H2,1H3,(H,20,23)(H,21,22)/t14-/m1/s1. The number of carbonyl (C=O) groups is 1. The van der Waals surface area contributed by atoms with Crippen LogP contribution < -0.4 is 10.6 Å². The van der Waals surface area contributed by atoms with Gasteiger partial charge in [0.05, 0.1) is 11.4 Å². The Kier molecular flexibility index (Phi) is 6.18. The van der Waals surface area contributed by atoms with Gasteiger partial charge in [-0.25, -0.2) is 0 Å². The number of nitrogens with zero attached hydrogens (tertiary/aromatic N) is 1. The van der Waals surface area contributed by atoms with Gasteiger partial charge in [-0.05, 0) is 37.5 Å². The van der Waals surface area contributed by atoms with Crippen molar-refractivity contribution in [3.8, 4) is 0 Å². The van der Waals surface area contributed by atoms with Gasteiger partial charge in [0.1, 0.15) is 4.90 Å². The van der Waals surface area contributed by atoms with Gasteiger partial charge in [0, 0.05) is 6.04 Å². The first-order valence-electron chi connectivity index (χ1n) is 8.61. The van der Waals surface area contributed by atoms with Gasteiger partial charge < -0.3 is 10.6 Å². The van der Waals surface area contributed by atoms with Crippen molar-refractivity contribution in [1.29, 1.82) is 0 Å². The number of amidine groups is 1. The molecule has 1 heterocycles. The molecular weight excluding hydrogens is 382 g/mol. The van der Waals surface area contributed by atoms with Crippen molar-refractivity contribution in [3.63, 3.8) is 0 Å². The summed E-state index contributed by atoms with van der Waals surface area (Å²) >= 11 is 1.08. The van der Waals surface area contributed by atoms with E-state index in [2.05, 4.69) is 27.2 Å². The zero-order valence-electron chi connectivity index (χ0n) is 14.9. The van der Waals surface area contributed by atoms with Crippen LogP contribution in [0.4, 0.5) is 5.69 Å². The lowest BCUT2D eigenvalue weighted by Crippen LogP contribution is -2.34. The van der Waals surface area contributed by atoms with Crippen molar-refractivity contribution in [3.05, 3.63) is 60.2 Å². The van der Waals surface area contributed by atoms with Crippen molar-refractivity contribution < 1.29 is 13.2 Å². The van der Waals surface area contributed by atoms with E-state index in [9.17, 15) is 13.2 Å². The second kappa shape index (κ2) is 8.58. The average Bonchev–Trinajstić information content (AvgIpc) is 2.65. The minimum Gasteiger partial charge on any atom is -0.353 e. The Balaban J connectivity index is 1.49. The van der Waals surface area contributed by atoms with Crippen LogP contribution in [0.2, 0.25) is 0 Å². The zero-order chi connectivity index (χ0) is 19.3. The van der Waals surface area contributed by atoms with E-state index in [4.69, 9.17) is 0 Å². The molecule has 1 atom stereocenters. The molecule has 2 aromatic rings. The fraction of sp³-hybridized carbons (Fsp3) is 0.263. The van der Waals surface area contributed by atoms with Crippen molar-refractivity contribution in [2.75, 3.05) is 11.1 Å². The number of anilines is 1. The van der Waals surface area contributed by atoms with E-state index in [0.29, 0.717) is 5.69 Å². The third-order valence-corrected chi connectivity index (χ3v) is 6.39. The lowest BCUT2D eigenvalue weighted by molar-refractivity contribution is -0.119. The summed E-state index contributed by atoms with van der Waals surface area (Å²) in [4.78, 5) is 12.3. The largest absolute Gasteiger partial charge is 0.353 e. The summed E-state index contributed by atoms with van der Waals surface area (Å²) in [6.45, 7) is 1.96. The Labute approximate surface area is 163 Å². The third kappa shape index (κ3) is 5.33. The van der Waals surface area contributed by atoms with Gasteiger partial charge in [0.2, 0.25) is 5.91 Å². The average molecular weight is 404 g/mol. The second-order valence-corrected chi connectivity index (χ2v) is 8.81. The molecule has 142 valence electrons. The molecule has 1 aliphatic rings. The summed E-state index contributed by atoms with van der Waals surface area (Å²) in [6, 6.07) is 16.7. The Morgan fingerprint density at radius 3 is 2.63 bits per heavy atom. The normalized spacial score (nSPS) is 15.8. The highest BCUT2D eigenvalue weighted by Gasteiger charge is 2.24. The van der Waals surface area contributed by atoms with Gasteiger partial charge in [0.15, 0.2) is 5.17 Å². The van der Waals surface area contributed by atoms with Crippen molar-refractivity contribution in [2.24, 2.45) is 4.40 Å². The molecule has 0 unspecified atom stereocenters. The van der Waals surface area contributed by atoms with Crippen LogP contribution in [0.1, 0.15) is 18.9 Å². The number of hydrogen-bond donors (Lipinski definition) is 2. The second-order valence-electron chi connectivity index (χ2n) is 6.27. The maximum Gasteiger partial charge on any atom is 0.286 e. The predicted molar refractivity (Wildman–Crippen MR) is 110 cm³/mol. The van der Waals surface area contributed by atoms with Gasteiger partial charge in [-0.15, -0.1) is 4.40 Å². The van der Waals surface area contributed by atoms with E-state index in [1.165, 1.54) is 11.6 Å². The number of amides is 1. The molecule has 3 rings (SSSR count). The minimum atomic E-state index is -3.73. The summed E-state index contributed by atoms with van der Waals surface area (Å²) in [6.07, 6.45) is 1.72. The number of benzene rings is 2. The molecule has 0 radical (unpaired) electrons. The first kappa shape index (κ1) is 19.4. The van der Waals surface area contributed by atoms with E-state index in [-0.39, 0.29) is 27.8 Å². The van der Waals surface area contributed by atoms with E-state index in [1.807, 2.05) is 25.1 Å². The molecule has 2 N–H and O–H groups in total. The molecule has 0 fully saturated rings. The van der Waals surface area contributed by atoms with E-state index in [1.54, 1.807) is 18.2 Å². The molecule has 1 amide bonds. The predicted octanol–water partition coefficient (Wildman–Crippen LogP) is 3.03. The summed E-state index contributed by atoms with van der Waals surface area (Å²) in [7, 11) is -3.73. The Morgan fingerprint density at radius 2 is 1.85 bits per heavy atom. The number of carbonyl (C=O) groups excluding carboxylic acids is 1. The molecule has 27 heavy (non-hydrogen) atoms. The first-order chi connectivity index (χ1) is 12.9. The fourth-order valence-electron chi connectivity index (χ4n) is 2.70. The Hall–Kier alpha value is -2.32. The van der Waals surface area contributed by atoms with Crippen LogP contribution in [-0.2, 0) is 21.2 Å². The monoisotopic (exact) mass is 403 g/mol. The maximum atomic E-state index is 12.2. The molecule has 0 saturated carbocycles. The molecule has 0 spiro atoms. The molecule has 6 nitrogen and oxygen atoms in total. The molecule has 0 saturated heterocycles. The summed E-state index contributed by atoms with van der Waals surface area (Å²) in [5.74, 6) is -0.0551. The zero-order valence-corrected chi connectivity index (χ0v) is 16.5. The van der Waals surface area contributed by atoms with Crippen LogP contribution in [0.15, 0.2) is 63.9 Å². The van der Waals surface area contributed by atoms with E-state index < -0.39 is 10.0 Å². The van der Waals surface area contributed by atoms with Gasteiger partial charge in [0.25, 0.3) is 10.0 Å². The van der Waals surface area contributed by atoms with E-state index in [0.717, 1.165) is 24.6 Å². The number of aryl methyl sites for hydroxylation is 1. The number of sulfonamides is 1. The lowest BCUT2D eigenvalue weighted by Gasteiger charge is -2.18. The molecular formula is C19H21N3O3S2. The van der Waals surface area contributed by atoms with Gasteiger partial charge in [-0.2, -0.15) is 8.42 Å². The van der Waals surface area contributed by atoms with E-state index >= 15 is 0 Å². The molecule has 0 aliphatic carbocycles. The number of para-hydroxylation sites is 1. The van der Waals surface area contributed by atoms with Crippen molar-refractivity contribution >= 4 is 38.5 Å². The lowest BCUT2D eigenvalue weighted by atomic mass is 10.1. The minimum absolute atomic E-state index is 0.0315. The highest BCUT2D eigenvalue weighted by atomic mass is 32.2. The Bertz CT molecular complexity index is 944. The Morgan fingerprint density at radius 1 is 1.15 bits per heavy atom. The molecule has 0 bridgehead atoms. The molecule has 1 aliphatic heterocycles. The van der Waals surface area contributed by atoms with Crippen molar-refractivity contribution in [1.82, 2.24) is 5.32 Å². The topological polar surface area (TPSA) is 87.6 Å². The van der Waals surface area contributed by atoms with Gasteiger partial charge in [-0.3, -0.25) is 4.79 Å². The number of thioether (sulfide) groups is 1. The number of fused-ring (bicyclic) bond motifs is 1. The first-order valence-corrected chi connectivity index (χ1v) is 11.0. The molecule has 0 aromatic heterocycles. The molecule has 8 heteroatoms. The van der Waals surface area contributed by atoms with Crippen LogP contribution in [0.25, 0.3) is 0 Å². The summed E-state index contributed by atoms with van der Waals surface area (Å²) in [5, 5.41) is 6.11. The smallest absolute Gasteiger partial charge is 0.286 e. The van der Waals surface area contributed by atoms with Gasteiger partial charge >= 0.3 is 0 Å². The maximum absolute atomic E-state index is 12.2. The van der Waals surface area contributed by atoms with Crippen LogP contribution >= 0.6 is 11.8 Å². The third-order valence-electron chi connectivity index (χ3n) is 4.07. The summed E-state index contributed by atoms with van der Waals surface area (Å²) in [5.41, 5.74) is 1.71. The van der Waals surface area contributed by atoms with Gasteiger partial charge in [-0.1, -0.05) is 54.2 Å². The highest BCUT2D eigenvalue weighted by Crippen LogP contribution is 2.28. The van der Waals surface area contributed by atoms with Crippen LogP contribution in [0.3, 0.4) is 0 Å². The molecule has 2 aromatic carbocycles. The van der Waals surface area contributed by atoms with Crippen molar-refractivity contribution in [2.45, 2.75) is 30.7 Å². The highest BCUT2D eigenvalue weighted by molar-refractivity contribution is 8.15. The SMILES string of the molecule is C[C@H](CCc1ccccc1)NC(=O)CSC1=NS(=O)(=O)c2ccccc2N1. The number of hydrogen-bond acceptors (Lipinski definition) is 5. The fourth-order valence-corrected chi connectivity index (χ4v) is 4.75. The summed E-state index contributed by atoms with van der Waals surface area (Å²) < 4.78 is 28.1. The number of nitrogens with one attached hydrogen (secondary N) is 2. The number of rotatable bonds is 6. The van der Waals surface area contributed by atoms with Crippen LogP contribution in [0.5, 0.6) is 0 Å². The van der Waals surface area contributed by atoms with Crippen LogP contribution in [0, 0.1) is 0 Å². The van der Waals surface area contributed by atoms with Crippen LogP contribution in [-0.4, -0.2) is 31.3 Å². The quantitative estimate of drug-likeness (QED) is 0.774.